The van der Waals surface area contributed by atoms with Crippen molar-refractivity contribution in [3.8, 4) is 0 Å². The summed E-state index contributed by atoms with van der Waals surface area (Å²) in [5.74, 6) is 0. The number of alkyl halides is 1. The van der Waals surface area contributed by atoms with Crippen LogP contribution in [0, 0.1) is 0 Å². The molecule has 0 aliphatic carbocycles. The summed E-state index contributed by atoms with van der Waals surface area (Å²) in [4.78, 5) is 0. The highest BCUT2D eigenvalue weighted by atomic mass is 32.2. The van der Waals surface area contributed by atoms with Gasteiger partial charge in [0.1, 0.15) is 11.4 Å². The molecule has 3 atom stereocenters. The van der Waals surface area contributed by atoms with Crippen molar-refractivity contribution >= 4 is 11.0 Å². The van der Waals surface area contributed by atoms with Gasteiger partial charge in [0.25, 0.3) is 0 Å². The highest BCUT2D eigenvalue weighted by Crippen LogP contribution is 2.12. The number of ether oxygens (including phenoxy) is 1. The Bertz CT molecular complexity index is 132. The molecule has 1 heterocycles. The highest BCUT2D eigenvalue weighted by Gasteiger charge is 2.31. The molecule has 1 aliphatic heterocycles. The lowest BCUT2D eigenvalue weighted by Crippen LogP contribution is -2.29. The van der Waals surface area contributed by atoms with Gasteiger partial charge in [-0.15, -0.1) is 0 Å². The summed E-state index contributed by atoms with van der Waals surface area (Å²) in [5, 5.41) is 4.33. The fraction of sp³-hybridized carbons (Fsp3) is 1.00. The molecule has 0 aromatic carbocycles. The van der Waals surface area contributed by atoms with Crippen molar-refractivity contribution in [1.82, 2.24) is 0 Å². The van der Waals surface area contributed by atoms with Crippen LogP contribution < -0.4 is 5.14 Å². The zero-order valence-corrected chi connectivity index (χ0v) is 5.57. The van der Waals surface area contributed by atoms with Gasteiger partial charge >= 0.3 is 0 Å². The molecule has 5 heteroatoms. The molecule has 54 valence electrons. The summed E-state index contributed by atoms with van der Waals surface area (Å²) in [7, 11) is -1.57. The highest BCUT2D eigenvalue weighted by molar-refractivity contribution is 7.83. The number of hydrogen-bond acceptors (Lipinski definition) is 2. The molecule has 1 fully saturated rings. The Balaban J connectivity index is 2.49. The standard InChI is InChI=1S/C4H8FNO2S/c5-3-1-8-2-4(3)9(6)7/h3-4H,1-2,6H2. The van der Waals surface area contributed by atoms with E-state index in [-0.39, 0.29) is 13.2 Å². The summed E-state index contributed by atoms with van der Waals surface area (Å²) in [6, 6.07) is 0. The Kier molecular flexibility index (Phi) is 2.15. The van der Waals surface area contributed by atoms with E-state index in [9.17, 15) is 8.60 Å². The van der Waals surface area contributed by atoms with Crippen LogP contribution in [0.5, 0.6) is 0 Å². The Morgan fingerprint density at radius 3 is 2.56 bits per heavy atom. The van der Waals surface area contributed by atoms with Gasteiger partial charge in [-0.2, -0.15) is 0 Å². The second-order valence-electron chi connectivity index (χ2n) is 1.92. The van der Waals surface area contributed by atoms with Gasteiger partial charge in [-0.1, -0.05) is 0 Å². The van der Waals surface area contributed by atoms with Gasteiger partial charge in [-0.05, 0) is 0 Å². The van der Waals surface area contributed by atoms with Crippen molar-refractivity contribution < 1.29 is 13.3 Å². The first-order valence-corrected chi connectivity index (χ1v) is 3.86. The van der Waals surface area contributed by atoms with E-state index in [0.29, 0.717) is 0 Å². The van der Waals surface area contributed by atoms with E-state index < -0.39 is 22.4 Å². The van der Waals surface area contributed by atoms with E-state index in [0.717, 1.165) is 0 Å². The lowest BCUT2D eigenvalue weighted by atomic mass is 10.3. The summed E-state index contributed by atoms with van der Waals surface area (Å²) in [6.45, 7) is 0.220. The monoisotopic (exact) mass is 153 g/mol. The van der Waals surface area contributed by atoms with Crippen LogP contribution in [0.3, 0.4) is 0 Å². The lowest BCUT2D eigenvalue weighted by molar-refractivity contribution is 0.173. The van der Waals surface area contributed by atoms with Crippen LogP contribution in [-0.4, -0.2) is 28.8 Å². The Morgan fingerprint density at radius 1 is 1.67 bits per heavy atom. The van der Waals surface area contributed by atoms with Gasteiger partial charge in [0.15, 0.2) is 0 Å². The predicted molar refractivity (Wildman–Crippen MR) is 31.8 cm³/mol. The van der Waals surface area contributed by atoms with Gasteiger partial charge in [0.05, 0.1) is 24.2 Å². The SMILES string of the molecule is NS(=O)C1COCC1F. The van der Waals surface area contributed by atoms with Gasteiger partial charge in [0, 0.05) is 0 Å². The molecule has 0 aromatic rings. The number of nitrogens with two attached hydrogens (primary N) is 1. The molecule has 1 saturated heterocycles. The quantitative estimate of drug-likeness (QED) is 0.544. The van der Waals surface area contributed by atoms with E-state index in [1.165, 1.54) is 0 Å². The van der Waals surface area contributed by atoms with Crippen molar-refractivity contribution in [2.24, 2.45) is 5.14 Å². The van der Waals surface area contributed by atoms with Crippen LogP contribution in [-0.2, 0) is 15.7 Å². The minimum atomic E-state index is -1.57. The third-order valence-corrected chi connectivity index (χ3v) is 2.29. The van der Waals surface area contributed by atoms with E-state index in [4.69, 9.17) is 5.14 Å². The molecular formula is C4H8FNO2S. The molecule has 1 aliphatic rings. The van der Waals surface area contributed by atoms with Crippen molar-refractivity contribution in [3.05, 3.63) is 0 Å². The first kappa shape index (κ1) is 7.11. The van der Waals surface area contributed by atoms with Gasteiger partial charge in [-0.25, -0.2) is 8.60 Å². The summed E-state index contributed by atoms with van der Waals surface area (Å²) in [6.07, 6.45) is -1.14. The third kappa shape index (κ3) is 1.47. The maximum Gasteiger partial charge on any atom is 0.141 e. The predicted octanol–water partition coefficient (Wildman–Crippen LogP) is -0.654. The van der Waals surface area contributed by atoms with Gasteiger partial charge < -0.3 is 4.74 Å². The topological polar surface area (TPSA) is 52.3 Å². The summed E-state index contributed by atoms with van der Waals surface area (Å²) >= 11 is 0. The molecule has 0 bridgehead atoms. The molecule has 3 unspecified atom stereocenters. The zero-order valence-electron chi connectivity index (χ0n) is 4.75. The first-order valence-electron chi connectivity index (χ1n) is 2.58. The molecule has 1 rings (SSSR count). The zero-order chi connectivity index (χ0) is 6.85. The molecule has 0 spiro atoms. The molecule has 0 radical (unpaired) electrons. The average Bonchev–Trinajstić information content (AvgIpc) is 2.13. The lowest BCUT2D eigenvalue weighted by Gasteiger charge is -2.03. The van der Waals surface area contributed by atoms with E-state index in [2.05, 4.69) is 4.74 Å². The smallest absolute Gasteiger partial charge is 0.141 e. The molecule has 2 N–H and O–H groups in total. The van der Waals surface area contributed by atoms with Crippen LogP contribution in [0.1, 0.15) is 0 Å². The van der Waals surface area contributed by atoms with Crippen molar-refractivity contribution in [1.29, 1.82) is 0 Å². The summed E-state index contributed by atoms with van der Waals surface area (Å²) in [5.41, 5.74) is 0. The van der Waals surface area contributed by atoms with E-state index >= 15 is 0 Å². The van der Waals surface area contributed by atoms with E-state index in [1.807, 2.05) is 0 Å². The number of halogens is 1. The molecule has 0 aromatic heterocycles. The van der Waals surface area contributed by atoms with Crippen molar-refractivity contribution in [3.63, 3.8) is 0 Å². The van der Waals surface area contributed by atoms with Gasteiger partial charge in [-0.3, -0.25) is 5.14 Å². The molecule has 9 heavy (non-hydrogen) atoms. The fourth-order valence-electron chi connectivity index (χ4n) is 0.721. The first-order chi connectivity index (χ1) is 4.22. The van der Waals surface area contributed by atoms with Crippen molar-refractivity contribution in [2.45, 2.75) is 11.4 Å². The van der Waals surface area contributed by atoms with Crippen LogP contribution >= 0.6 is 0 Å². The Morgan fingerprint density at radius 2 is 2.33 bits per heavy atom. The molecule has 0 amide bonds. The largest absolute Gasteiger partial charge is 0.377 e. The normalized spacial score (nSPS) is 38.9. The minimum absolute atomic E-state index is 0.0353. The second kappa shape index (κ2) is 2.72. The maximum atomic E-state index is 12.4. The number of rotatable bonds is 1. The van der Waals surface area contributed by atoms with Crippen LogP contribution in [0.4, 0.5) is 4.39 Å². The Hall–Kier alpha value is -0.0000000000000000278. The molecular weight excluding hydrogens is 145 g/mol. The minimum Gasteiger partial charge on any atom is -0.377 e. The third-order valence-electron chi connectivity index (χ3n) is 1.26. The van der Waals surface area contributed by atoms with Gasteiger partial charge in [0.2, 0.25) is 0 Å². The van der Waals surface area contributed by atoms with Crippen LogP contribution in [0.25, 0.3) is 0 Å². The van der Waals surface area contributed by atoms with Crippen LogP contribution in [0.15, 0.2) is 0 Å². The average molecular weight is 153 g/mol. The Labute approximate surface area is 55.0 Å². The van der Waals surface area contributed by atoms with Crippen LogP contribution in [0.2, 0.25) is 0 Å². The van der Waals surface area contributed by atoms with E-state index in [1.54, 1.807) is 0 Å². The fourth-order valence-corrected chi connectivity index (χ4v) is 1.32. The molecule has 3 nitrogen and oxygen atoms in total. The summed E-state index contributed by atoms with van der Waals surface area (Å²) < 4.78 is 27.5. The van der Waals surface area contributed by atoms with Crippen molar-refractivity contribution in [2.75, 3.05) is 13.2 Å². The second-order valence-corrected chi connectivity index (χ2v) is 3.18. The maximum absolute atomic E-state index is 12.4. The number of hydrogen-bond donors (Lipinski definition) is 1. The molecule has 0 saturated carbocycles.